The quantitative estimate of drug-likeness (QED) is 0.709. The molecule has 3 nitrogen and oxygen atoms in total. The Labute approximate surface area is 80.1 Å². The summed E-state index contributed by atoms with van der Waals surface area (Å²) in [5.74, 6) is 0.120. The van der Waals surface area contributed by atoms with Gasteiger partial charge in [0.1, 0.15) is 11.7 Å². The van der Waals surface area contributed by atoms with E-state index in [1.165, 1.54) is 6.92 Å². The van der Waals surface area contributed by atoms with E-state index in [-0.39, 0.29) is 5.78 Å². The van der Waals surface area contributed by atoms with Crippen LogP contribution in [0.3, 0.4) is 0 Å². The number of hydrogen-bond acceptors (Lipinski definition) is 3. The molecule has 0 spiro atoms. The molecule has 0 aliphatic rings. The molecule has 0 aliphatic heterocycles. The van der Waals surface area contributed by atoms with Gasteiger partial charge in [-0.1, -0.05) is 13.8 Å². The zero-order chi connectivity index (χ0) is 10.6. The van der Waals surface area contributed by atoms with Gasteiger partial charge in [0.25, 0.3) is 0 Å². The van der Waals surface area contributed by atoms with E-state index < -0.39 is 11.7 Å². The van der Waals surface area contributed by atoms with Gasteiger partial charge in [0.05, 0.1) is 6.61 Å². The first kappa shape index (κ1) is 12.6. The molecule has 0 fully saturated rings. The predicted molar refractivity (Wildman–Crippen MR) is 51.6 cm³/mol. The highest BCUT2D eigenvalue weighted by Gasteiger charge is 2.31. The van der Waals surface area contributed by atoms with Crippen molar-refractivity contribution in [2.45, 2.75) is 46.3 Å². The standard InChI is InChI=1S/C10H20O3/c1-7(2)6-13-10(4,5)9(12)8(3)11/h7-8,11H,6H2,1-5H3. The highest BCUT2D eigenvalue weighted by molar-refractivity contribution is 5.89. The molecule has 0 aromatic heterocycles. The highest BCUT2D eigenvalue weighted by Crippen LogP contribution is 2.14. The van der Waals surface area contributed by atoms with E-state index in [1.807, 2.05) is 13.8 Å². The van der Waals surface area contributed by atoms with Crippen LogP contribution in [0.2, 0.25) is 0 Å². The summed E-state index contributed by atoms with van der Waals surface area (Å²) >= 11 is 0. The van der Waals surface area contributed by atoms with Gasteiger partial charge in [-0.15, -0.1) is 0 Å². The predicted octanol–water partition coefficient (Wildman–Crippen LogP) is 1.39. The summed E-state index contributed by atoms with van der Waals surface area (Å²) in [6, 6.07) is 0. The van der Waals surface area contributed by atoms with Crippen molar-refractivity contribution in [2.75, 3.05) is 6.61 Å². The summed E-state index contributed by atoms with van der Waals surface area (Å²) in [7, 11) is 0. The molecule has 0 aliphatic carbocycles. The lowest BCUT2D eigenvalue weighted by Crippen LogP contribution is -2.41. The second-order valence-electron chi connectivity index (χ2n) is 4.26. The summed E-state index contributed by atoms with van der Waals surface area (Å²) in [5.41, 5.74) is -0.877. The molecule has 1 N–H and O–H groups in total. The first-order chi connectivity index (χ1) is 5.77. The number of ether oxygens (including phenoxy) is 1. The Hall–Kier alpha value is -0.410. The van der Waals surface area contributed by atoms with Gasteiger partial charge in [0.2, 0.25) is 0 Å². The smallest absolute Gasteiger partial charge is 0.192 e. The normalized spacial score (nSPS) is 14.7. The molecular formula is C10H20O3. The van der Waals surface area contributed by atoms with E-state index in [1.54, 1.807) is 13.8 Å². The minimum Gasteiger partial charge on any atom is -0.385 e. The Morgan fingerprint density at radius 2 is 1.85 bits per heavy atom. The topological polar surface area (TPSA) is 46.5 Å². The van der Waals surface area contributed by atoms with Gasteiger partial charge in [-0.25, -0.2) is 0 Å². The van der Waals surface area contributed by atoms with Crippen LogP contribution in [-0.4, -0.2) is 29.2 Å². The molecule has 0 aromatic carbocycles. The number of carbonyl (C=O) groups is 1. The van der Waals surface area contributed by atoms with Crippen molar-refractivity contribution in [1.29, 1.82) is 0 Å². The van der Waals surface area contributed by atoms with Gasteiger partial charge in [0, 0.05) is 0 Å². The SMILES string of the molecule is CC(C)COC(C)(C)C(=O)C(C)O. The minimum absolute atomic E-state index is 0.270. The van der Waals surface area contributed by atoms with Crippen molar-refractivity contribution < 1.29 is 14.6 Å². The Morgan fingerprint density at radius 3 is 2.15 bits per heavy atom. The fourth-order valence-corrected chi connectivity index (χ4v) is 0.949. The second kappa shape index (κ2) is 4.72. The van der Waals surface area contributed by atoms with Crippen molar-refractivity contribution in [2.24, 2.45) is 5.92 Å². The third-order valence-corrected chi connectivity index (χ3v) is 1.75. The Balaban J connectivity index is 4.14. The van der Waals surface area contributed by atoms with Crippen molar-refractivity contribution in [3.63, 3.8) is 0 Å². The average Bonchev–Trinajstić information content (AvgIpc) is 1.99. The van der Waals surface area contributed by atoms with Crippen LogP contribution in [0.1, 0.15) is 34.6 Å². The van der Waals surface area contributed by atoms with Crippen molar-refractivity contribution >= 4 is 5.78 Å². The largest absolute Gasteiger partial charge is 0.385 e. The lowest BCUT2D eigenvalue weighted by atomic mass is 9.99. The number of hydrogen-bond donors (Lipinski definition) is 1. The number of ketones is 1. The van der Waals surface area contributed by atoms with Crippen LogP contribution in [0.5, 0.6) is 0 Å². The maximum absolute atomic E-state index is 11.4. The van der Waals surface area contributed by atoms with Crippen LogP contribution in [0.15, 0.2) is 0 Å². The van der Waals surface area contributed by atoms with Gasteiger partial charge in [0.15, 0.2) is 5.78 Å². The van der Waals surface area contributed by atoms with Crippen LogP contribution >= 0.6 is 0 Å². The van der Waals surface area contributed by atoms with Crippen LogP contribution in [-0.2, 0) is 9.53 Å². The molecule has 0 radical (unpaired) electrons. The summed E-state index contributed by atoms with van der Waals surface area (Å²) < 4.78 is 5.40. The van der Waals surface area contributed by atoms with E-state index in [0.717, 1.165) is 0 Å². The summed E-state index contributed by atoms with van der Waals surface area (Å²) in [4.78, 5) is 11.4. The van der Waals surface area contributed by atoms with E-state index in [2.05, 4.69) is 0 Å². The van der Waals surface area contributed by atoms with Crippen LogP contribution in [0, 0.1) is 5.92 Å². The van der Waals surface area contributed by atoms with E-state index >= 15 is 0 Å². The van der Waals surface area contributed by atoms with Crippen LogP contribution < -0.4 is 0 Å². The van der Waals surface area contributed by atoms with E-state index in [4.69, 9.17) is 9.84 Å². The lowest BCUT2D eigenvalue weighted by Gasteiger charge is -2.26. The molecule has 78 valence electrons. The molecule has 0 saturated carbocycles. The molecular weight excluding hydrogens is 168 g/mol. The molecule has 13 heavy (non-hydrogen) atoms. The molecule has 0 saturated heterocycles. The van der Waals surface area contributed by atoms with Gasteiger partial charge in [-0.2, -0.15) is 0 Å². The number of aliphatic hydroxyl groups excluding tert-OH is 1. The zero-order valence-electron chi connectivity index (χ0n) is 9.13. The number of rotatable bonds is 5. The third-order valence-electron chi connectivity index (χ3n) is 1.75. The van der Waals surface area contributed by atoms with Crippen LogP contribution in [0.4, 0.5) is 0 Å². The minimum atomic E-state index is -0.956. The third kappa shape index (κ3) is 4.39. The first-order valence-corrected chi connectivity index (χ1v) is 4.63. The fourth-order valence-electron chi connectivity index (χ4n) is 0.949. The molecule has 1 unspecified atom stereocenters. The monoisotopic (exact) mass is 188 g/mol. The van der Waals surface area contributed by atoms with Gasteiger partial charge < -0.3 is 9.84 Å². The lowest BCUT2D eigenvalue weighted by molar-refractivity contribution is -0.149. The Morgan fingerprint density at radius 1 is 1.38 bits per heavy atom. The van der Waals surface area contributed by atoms with E-state index in [0.29, 0.717) is 12.5 Å². The Bertz CT molecular complexity index is 171. The summed E-state index contributed by atoms with van der Waals surface area (Å²) in [6.45, 7) is 9.40. The summed E-state index contributed by atoms with van der Waals surface area (Å²) in [5, 5.41) is 9.09. The van der Waals surface area contributed by atoms with Gasteiger partial charge in [-0.3, -0.25) is 4.79 Å². The van der Waals surface area contributed by atoms with Gasteiger partial charge in [-0.05, 0) is 26.7 Å². The zero-order valence-corrected chi connectivity index (χ0v) is 9.13. The maximum atomic E-state index is 11.4. The highest BCUT2D eigenvalue weighted by atomic mass is 16.5. The van der Waals surface area contributed by atoms with Crippen LogP contribution in [0.25, 0.3) is 0 Å². The second-order valence-corrected chi connectivity index (χ2v) is 4.26. The summed E-state index contributed by atoms with van der Waals surface area (Å²) in [6.07, 6.45) is -0.956. The van der Waals surface area contributed by atoms with Crippen molar-refractivity contribution in [3.8, 4) is 0 Å². The number of carbonyl (C=O) groups excluding carboxylic acids is 1. The Kier molecular flexibility index (Phi) is 4.57. The van der Waals surface area contributed by atoms with Gasteiger partial charge >= 0.3 is 0 Å². The van der Waals surface area contributed by atoms with Crippen molar-refractivity contribution in [1.82, 2.24) is 0 Å². The molecule has 0 aromatic rings. The molecule has 3 heteroatoms. The molecule has 0 rings (SSSR count). The van der Waals surface area contributed by atoms with E-state index in [9.17, 15) is 4.79 Å². The average molecular weight is 188 g/mol. The van der Waals surface area contributed by atoms with Crippen molar-refractivity contribution in [3.05, 3.63) is 0 Å². The molecule has 1 atom stereocenters. The molecule has 0 bridgehead atoms. The fraction of sp³-hybridized carbons (Fsp3) is 0.900. The number of Topliss-reactive ketones (excluding diaryl/α,β-unsaturated/α-hetero) is 1. The molecule has 0 amide bonds. The molecule has 0 heterocycles. The number of aliphatic hydroxyl groups is 1. The first-order valence-electron chi connectivity index (χ1n) is 4.63. The maximum Gasteiger partial charge on any atom is 0.192 e.